The van der Waals surface area contributed by atoms with Crippen LogP contribution >= 0.6 is 12.2 Å². The first-order valence-corrected chi connectivity index (χ1v) is 11.0. The molecule has 3 heterocycles. The standard InChI is InChI=1S/C26H24N4OS/c1-18-9-7-10-19(17-18)29-16-8-13-22(29)25-24(20-11-5-6-15-27-20)28-26(32)30(25)21-12-3-4-14-23(21)31-2/h3-17,24-25H,1-2H3,(H,28,32). The van der Waals surface area contributed by atoms with E-state index < -0.39 is 0 Å². The largest absolute Gasteiger partial charge is 0.495 e. The molecule has 6 heteroatoms. The van der Waals surface area contributed by atoms with E-state index in [1.807, 2.05) is 48.7 Å². The van der Waals surface area contributed by atoms with Crippen molar-refractivity contribution in [1.82, 2.24) is 14.9 Å². The minimum absolute atomic E-state index is 0.118. The molecule has 4 aromatic rings. The minimum atomic E-state index is -0.121. The second-order valence-corrected chi connectivity index (χ2v) is 8.20. The summed E-state index contributed by atoms with van der Waals surface area (Å²) < 4.78 is 7.92. The van der Waals surface area contributed by atoms with Crippen LogP contribution in [0, 0.1) is 6.92 Å². The summed E-state index contributed by atoms with van der Waals surface area (Å²) in [4.78, 5) is 6.80. The van der Waals surface area contributed by atoms with E-state index in [1.54, 1.807) is 7.11 Å². The zero-order chi connectivity index (χ0) is 22.1. The average molecular weight is 441 g/mol. The summed E-state index contributed by atoms with van der Waals surface area (Å²) >= 11 is 5.86. The zero-order valence-corrected chi connectivity index (χ0v) is 18.8. The van der Waals surface area contributed by atoms with Gasteiger partial charge in [0.25, 0.3) is 0 Å². The van der Waals surface area contributed by atoms with E-state index in [0.717, 1.165) is 28.5 Å². The first kappa shape index (κ1) is 20.3. The first-order valence-electron chi connectivity index (χ1n) is 10.6. The van der Waals surface area contributed by atoms with Gasteiger partial charge in [-0.2, -0.15) is 0 Å². The van der Waals surface area contributed by atoms with Crippen molar-refractivity contribution in [3.05, 3.63) is 108 Å². The Morgan fingerprint density at radius 3 is 2.59 bits per heavy atom. The molecule has 2 unspecified atom stereocenters. The van der Waals surface area contributed by atoms with Crippen LogP contribution in [0.4, 0.5) is 5.69 Å². The number of nitrogens with one attached hydrogen (secondary N) is 1. The van der Waals surface area contributed by atoms with Gasteiger partial charge in [-0.15, -0.1) is 0 Å². The van der Waals surface area contributed by atoms with Gasteiger partial charge >= 0.3 is 0 Å². The second-order valence-electron chi connectivity index (χ2n) is 7.81. The van der Waals surface area contributed by atoms with E-state index in [4.69, 9.17) is 17.0 Å². The third kappa shape index (κ3) is 3.52. The highest BCUT2D eigenvalue weighted by Gasteiger charge is 2.43. The number of ether oxygens (including phenoxy) is 1. The molecule has 1 N–H and O–H groups in total. The fourth-order valence-electron chi connectivity index (χ4n) is 4.39. The molecule has 5 nitrogen and oxygen atoms in total. The molecule has 1 aliphatic rings. The number of para-hydroxylation sites is 2. The van der Waals surface area contributed by atoms with Gasteiger partial charge in [-0.3, -0.25) is 4.98 Å². The molecular formula is C26H24N4OS. The number of anilines is 1. The normalized spacial score (nSPS) is 17.9. The van der Waals surface area contributed by atoms with Gasteiger partial charge in [0, 0.05) is 23.8 Å². The van der Waals surface area contributed by atoms with Crippen LogP contribution in [0.5, 0.6) is 5.75 Å². The highest BCUT2D eigenvalue weighted by Crippen LogP contribution is 2.44. The minimum Gasteiger partial charge on any atom is -0.495 e. The van der Waals surface area contributed by atoms with Crippen molar-refractivity contribution >= 4 is 23.0 Å². The molecule has 0 radical (unpaired) electrons. The summed E-state index contributed by atoms with van der Waals surface area (Å²) in [6, 6.07) is 26.5. The Labute approximate surface area is 193 Å². The maximum absolute atomic E-state index is 5.86. The predicted molar refractivity (Wildman–Crippen MR) is 131 cm³/mol. The Morgan fingerprint density at radius 1 is 0.969 bits per heavy atom. The Bertz CT molecular complexity index is 1250. The van der Waals surface area contributed by atoms with Gasteiger partial charge in [-0.1, -0.05) is 30.3 Å². The van der Waals surface area contributed by atoms with Crippen LogP contribution in [0.1, 0.15) is 29.0 Å². The zero-order valence-electron chi connectivity index (χ0n) is 18.0. The molecule has 0 bridgehead atoms. The number of aromatic nitrogens is 2. The number of hydrogen-bond acceptors (Lipinski definition) is 3. The number of thiocarbonyl (C=S) groups is 1. The SMILES string of the molecule is COc1ccccc1N1C(=S)NC(c2ccccn2)C1c1cccn1-c1cccc(C)c1. The van der Waals surface area contributed by atoms with Gasteiger partial charge in [-0.25, -0.2) is 0 Å². The van der Waals surface area contributed by atoms with Gasteiger partial charge in [0.1, 0.15) is 11.8 Å². The topological polar surface area (TPSA) is 42.3 Å². The lowest BCUT2D eigenvalue weighted by Crippen LogP contribution is -2.30. The fraction of sp³-hybridized carbons (Fsp3) is 0.154. The molecule has 32 heavy (non-hydrogen) atoms. The van der Waals surface area contributed by atoms with Crippen molar-refractivity contribution in [3.8, 4) is 11.4 Å². The molecular weight excluding hydrogens is 416 g/mol. The summed E-state index contributed by atoms with van der Waals surface area (Å²) in [7, 11) is 1.69. The maximum Gasteiger partial charge on any atom is 0.174 e. The van der Waals surface area contributed by atoms with Crippen molar-refractivity contribution in [2.45, 2.75) is 19.0 Å². The van der Waals surface area contributed by atoms with Crippen molar-refractivity contribution in [1.29, 1.82) is 0 Å². The number of nitrogens with zero attached hydrogens (tertiary/aromatic N) is 3. The summed E-state index contributed by atoms with van der Waals surface area (Å²) in [5.41, 5.74) is 5.30. The quantitative estimate of drug-likeness (QED) is 0.423. The summed E-state index contributed by atoms with van der Waals surface area (Å²) in [5, 5.41) is 4.17. The number of rotatable bonds is 5. The van der Waals surface area contributed by atoms with Crippen LogP contribution in [0.15, 0.2) is 91.3 Å². The van der Waals surface area contributed by atoms with Gasteiger partial charge in [0.15, 0.2) is 5.11 Å². The molecule has 1 aliphatic heterocycles. The van der Waals surface area contributed by atoms with Crippen molar-refractivity contribution in [2.75, 3.05) is 12.0 Å². The van der Waals surface area contributed by atoms with Crippen molar-refractivity contribution in [3.63, 3.8) is 0 Å². The third-order valence-electron chi connectivity index (χ3n) is 5.81. The van der Waals surface area contributed by atoms with Crippen LogP contribution in [0.3, 0.4) is 0 Å². The first-order chi connectivity index (χ1) is 15.7. The molecule has 1 saturated heterocycles. The van der Waals surface area contributed by atoms with Gasteiger partial charge < -0.3 is 19.5 Å². The van der Waals surface area contributed by atoms with Crippen LogP contribution in [0.25, 0.3) is 5.69 Å². The molecule has 160 valence electrons. The Morgan fingerprint density at radius 2 is 1.81 bits per heavy atom. The molecule has 5 rings (SSSR count). The van der Waals surface area contributed by atoms with E-state index in [0.29, 0.717) is 5.11 Å². The lowest BCUT2D eigenvalue weighted by atomic mass is 10.0. The number of hydrogen-bond donors (Lipinski definition) is 1. The number of benzene rings is 2. The maximum atomic E-state index is 5.86. The van der Waals surface area contributed by atoms with Crippen LogP contribution < -0.4 is 15.0 Å². The Balaban J connectivity index is 1.70. The number of pyridine rings is 1. The highest BCUT2D eigenvalue weighted by atomic mass is 32.1. The van der Waals surface area contributed by atoms with Crippen LogP contribution in [0.2, 0.25) is 0 Å². The monoisotopic (exact) mass is 440 g/mol. The summed E-state index contributed by atoms with van der Waals surface area (Å²) in [6.07, 6.45) is 3.92. The fourth-order valence-corrected chi connectivity index (χ4v) is 4.73. The molecule has 0 aliphatic carbocycles. The smallest absolute Gasteiger partial charge is 0.174 e. The van der Waals surface area contributed by atoms with Gasteiger partial charge in [-0.05, 0) is 73.2 Å². The summed E-state index contributed by atoms with van der Waals surface area (Å²) in [6.45, 7) is 2.11. The van der Waals surface area contributed by atoms with Crippen LogP contribution in [-0.4, -0.2) is 21.8 Å². The van der Waals surface area contributed by atoms with Crippen LogP contribution in [-0.2, 0) is 0 Å². The molecule has 0 saturated carbocycles. The van der Waals surface area contributed by atoms with Crippen molar-refractivity contribution < 1.29 is 4.74 Å². The third-order valence-corrected chi connectivity index (χ3v) is 6.12. The second kappa shape index (κ2) is 8.48. The Hall–Kier alpha value is -3.64. The molecule has 2 atom stereocenters. The predicted octanol–water partition coefficient (Wildman–Crippen LogP) is 5.37. The Kier molecular flexibility index (Phi) is 5.37. The number of methoxy groups -OCH3 is 1. The van der Waals surface area contributed by atoms with E-state index in [-0.39, 0.29) is 12.1 Å². The lowest BCUT2D eigenvalue weighted by molar-refractivity contribution is 0.414. The average Bonchev–Trinajstić information content (AvgIpc) is 3.44. The van der Waals surface area contributed by atoms with Gasteiger partial charge in [0.05, 0.1) is 24.5 Å². The van der Waals surface area contributed by atoms with E-state index >= 15 is 0 Å². The molecule has 0 amide bonds. The summed E-state index contributed by atoms with van der Waals surface area (Å²) in [5.74, 6) is 0.775. The van der Waals surface area contributed by atoms with Gasteiger partial charge in [0.2, 0.25) is 0 Å². The molecule has 1 fully saturated rings. The lowest BCUT2D eigenvalue weighted by Gasteiger charge is -2.30. The van der Waals surface area contributed by atoms with E-state index in [9.17, 15) is 0 Å². The molecule has 2 aromatic carbocycles. The molecule has 2 aromatic heterocycles. The van der Waals surface area contributed by atoms with E-state index in [2.05, 4.69) is 69.3 Å². The number of aryl methyl sites for hydroxylation is 1. The highest BCUT2D eigenvalue weighted by molar-refractivity contribution is 7.80. The van der Waals surface area contributed by atoms with E-state index in [1.165, 1.54) is 5.56 Å². The molecule has 0 spiro atoms. The van der Waals surface area contributed by atoms with Crippen molar-refractivity contribution in [2.24, 2.45) is 0 Å².